The van der Waals surface area contributed by atoms with Crippen LogP contribution in [0.15, 0.2) is 16.7 Å². The van der Waals surface area contributed by atoms with E-state index < -0.39 is 5.97 Å². The molecule has 1 rings (SSSR count). The first-order valence-corrected chi connectivity index (χ1v) is 7.09. The quantitative estimate of drug-likeness (QED) is 0.705. The lowest BCUT2D eigenvalue weighted by atomic mass is 10.2. The summed E-state index contributed by atoms with van der Waals surface area (Å²) < 4.78 is 0.593. The highest BCUT2D eigenvalue weighted by Crippen LogP contribution is 2.17. The highest BCUT2D eigenvalue weighted by molar-refractivity contribution is 9.10. The molecule has 1 aromatic rings. The second kappa shape index (κ2) is 7.84. The number of carbonyl (C=O) groups is 2. The van der Waals surface area contributed by atoms with Crippen LogP contribution in [-0.4, -0.2) is 35.1 Å². The van der Waals surface area contributed by atoms with Crippen LogP contribution in [0.25, 0.3) is 0 Å². The van der Waals surface area contributed by atoms with E-state index in [2.05, 4.69) is 31.5 Å². The number of carboxylic acids is 1. The van der Waals surface area contributed by atoms with Gasteiger partial charge in [0, 0.05) is 30.2 Å². The summed E-state index contributed by atoms with van der Waals surface area (Å²) in [7, 11) is 0. The fourth-order valence-electron chi connectivity index (χ4n) is 1.44. The number of carbonyl (C=O) groups excluding carboxylic acids is 1. The van der Waals surface area contributed by atoms with E-state index in [0.717, 1.165) is 0 Å². The van der Waals surface area contributed by atoms with Crippen molar-refractivity contribution in [2.24, 2.45) is 5.92 Å². The van der Waals surface area contributed by atoms with Gasteiger partial charge in [0.2, 0.25) is 5.91 Å². The Morgan fingerprint density at radius 2 is 2.15 bits per heavy atom. The Hall–Kier alpha value is -1.63. The van der Waals surface area contributed by atoms with Crippen molar-refractivity contribution in [1.82, 2.24) is 10.3 Å². The van der Waals surface area contributed by atoms with Crippen LogP contribution in [-0.2, 0) is 4.79 Å². The molecule has 0 bridgehead atoms. The molecule has 1 amide bonds. The fourth-order valence-corrected chi connectivity index (χ4v) is 1.78. The fraction of sp³-hybridized carbons (Fsp3) is 0.462. The number of anilines is 1. The highest BCUT2D eigenvalue weighted by Gasteiger charge is 2.12. The number of nitrogens with zero attached hydrogens (tertiary/aromatic N) is 1. The van der Waals surface area contributed by atoms with Gasteiger partial charge >= 0.3 is 5.97 Å². The smallest absolute Gasteiger partial charge is 0.339 e. The second-order valence-corrected chi connectivity index (χ2v) is 5.65. The van der Waals surface area contributed by atoms with Crippen LogP contribution in [0, 0.1) is 5.92 Å². The average molecular weight is 344 g/mol. The van der Waals surface area contributed by atoms with Crippen molar-refractivity contribution in [3.63, 3.8) is 0 Å². The van der Waals surface area contributed by atoms with E-state index in [-0.39, 0.29) is 23.7 Å². The Bertz CT molecular complexity index is 492. The van der Waals surface area contributed by atoms with Gasteiger partial charge in [-0.25, -0.2) is 9.78 Å². The number of pyridine rings is 1. The van der Waals surface area contributed by atoms with Crippen molar-refractivity contribution in [2.75, 3.05) is 18.4 Å². The summed E-state index contributed by atoms with van der Waals surface area (Å²) in [4.78, 5) is 26.6. The van der Waals surface area contributed by atoms with E-state index >= 15 is 0 Å². The summed E-state index contributed by atoms with van der Waals surface area (Å²) >= 11 is 3.17. The van der Waals surface area contributed by atoms with Gasteiger partial charge in [0.25, 0.3) is 0 Å². The van der Waals surface area contributed by atoms with Crippen LogP contribution >= 0.6 is 15.9 Å². The number of rotatable bonds is 7. The molecule has 1 heterocycles. The van der Waals surface area contributed by atoms with Gasteiger partial charge in [-0.2, -0.15) is 0 Å². The van der Waals surface area contributed by atoms with Crippen LogP contribution in [0.1, 0.15) is 30.6 Å². The Morgan fingerprint density at radius 1 is 1.45 bits per heavy atom. The van der Waals surface area contributed by atoms with Crippen LogP contribution in [0.5, 0.6) is 0 Å². The SMILES string of the molecule is CC(C)CNC(=O)CCNc1ncc(Br)cc1C(=O)O. The standard InChI is InChI=1S/C13H18BrN3O3/c1-8(2)6-16-11(18)3-4-15-12-10(13(19)20)5-9(14)7-17-12/h5,7-8H,3-4,6H2,1-2H3,(H,15,17)(H,16,18)(H,19,20). The minimum absolute atomic E-state index is 0.0693. The van der Waals surface area contributed by atoms with Gasteiger partial charge in [0.05, 0.1) is 0 Å². The molecule has 0 radical (unpaired) electrons. The number of aromatic carboxylic acids is 1. The molecular weight excluding hydrogens is 326 g/mol. The van der Waals surface area contributed by atoms with Gasteiger partial charge in [-0.1, -0.05) is 13.8 Å². The second-order valence-electron chi connectivity index (χ2n) is 4.73. The van der Waals surface area contributed by atoms with Crippen molar-refractivity contribution in [1.29, 1.82) is 0 Å². The number of hydrogen-bond acceptors (Lipinski definition) is 4. The van der Waals surface area contributed by atoms with Crippen molar-refractivity contribution in [3.8, 4) is 0 Å². The third-order valence-corrected chi connectivity index (χ3v) is 2.87. The molecule has 0 aromatic carbocycles. The molecule has 1 aromatic heterocycles. The molecule has 0 aliphatic heterocycles. The molecule has 6 nitrogen and oxygen atoms in total. The van der Waals surface area contributed by atoms with E-state index in [9.17, 15) is 9.59 Å². The van der Waals surface area contributed by atoms with E-state index in [1.165, 1.54) is 12.3 Å². The first-order valence-electron chi connectivity index (χ1n) is 6.29. The lowest BCUT2D eigenvalue weighted by Crippen LogP contribution is -2.28. The topological polar surface area (TPSA) is 91.3 Å². The number of nitrogens with one attached hydrogen (secondary N) is 2. The number of hydrogen-bond donors (Lipinski definition) is 3. The molecule has 0 fully saturated rings. The monoisotopic (exact) mass is 343 g/mol. The number of amides is 1. The Labute approximate surface area is 126 Å². The van der Waals surface area contributed by atoms with Crippen molar-refractivity contribution >= 4 is 33.6 Å². The zero-order chi connectivity index (χ0) is 15.1. The summed E-state index contributed by atoms with van der Waals surface area (Å²) in [6, 6.07) is 1.47. The van der Waals surface area contributed by atoms with E-state index in [1.807, 2.05) is 13.8 Å². The minimum Gasteiger partial charge on any atom is -0.478 e. The van der Waals surface area contributed by atoms with E-state index in [1.54, 1.807) is 0 Å². The average Bonchev–Trinajstić information content (AvgIpc) is 2.37. The lowest BCUT2D eigenvalue weighted by Gasteiger charge is -2.10. The molecule has 3 N–H and O–H groups in total. The molecule has 0 unspecified atom stereocenters. The molecule has 0 saturated carbocycles. The van der Waals surface area contributed by atoms with E-state index in [0.29, 0.717) is 23.5 Å². The largest absolute Gasteiger partial charge is 0.478 e. The maximum atomic E-state index is 11.5. The van der Waals surface area contributed by atoms with Crippen molar-refractivity contribution in [3.05, 3.63) is 22.3 Å². The normalized spacial score (nSPS) is 10.4. The molecule has 7 heteroatoms. The number of aromatic nitrogens is 1. The zero-order valence-electron chi connectivity index (χ0n) is 11.4. The predicted octanol–water partition coefficient (Wildman–Crippen LogP) is 2.12. The third-order valence-electron chi connectivity index (χ3n) is 2.44. The van der Waals surface area contributed by atoms with Crippen LogP contribution in [0.3, 0.4) is 0 Å². The molecule has 0 saturated heterocycles. The van der Waals surface area contributed by atoms with Gasteiger partial charge in [-0.05, 0) is 27.9 Å². The minimum atomic E-state index is -1.06. The first kappa shape index (κ1) is 16.4. The van der Waals surface area contributed by atoms with Gasteiger partial charge < -0.3 is 15.7 Å². The van der Waals surface area contributed by atoms with Gasteiger partial charge in [0.15, 0.2) is 0 Å². The zero-order valence-corrected chi connectivity index (χ0v) is 13.0. The summed E-state index contributed by atoms with van der Waals surface area (Å²) in [5.41, 5.74) is 0.0713. The maximum Gasteiger partial charge on any atom is 0.339 e. The molecule has 0 atom stereocenters. The molecule has 0 spiro atoms. The van der Waals surface area contributed by atoms with Crippen LogP contribution in [0.2, 0.25) is 0 Å². The van der Waals surface area contributed by atoms with Crippen molar-refractivity contribution in [2.45, 2.75) is 20.3 Å². The Kier molecular flexibility index (Phi) is 6.44. The summed E-state index contributed by atoms with van der Waals surface area (Å²) in [5.74, 6) is -0.471. The van der Waals surface area contributed by atoms with Gasteiger partial charge in [0.1, 0.15) is 11.4 Å². The van der Waals surface area contributed by atoms with Crippen LogP contribution < -0.4 is 10.6 Å². The van der Waals surface area contributed by atoms with E-state index in [4.69, 9.17) is 5.11 Å². The Morgan fingerprint density at radius 3 is 2.75 bits per heavy atom. The predicted molar refractivity (Wildman–Crippen MR) is 79.9 cm³/mol. The van der Waals surface area contributed by atoms with Gasteiger partial charge in [-0.15, -0.1) is 0 Å². The summed E-state index contributed by atoms with van der Waals surface area (Å²) in [6.45, 7) is 5.00. The third kappa shape index (κ3) is 5.56. The van der Waals surface area contributed by atoms with Crippen molar-refractivity contribution < 1.29 is 14.7 Å². The number of carboxylic acid groups (broad SMARTS) is 1. The Balaban J connectivity index is 2.50. The molecular formula is C13H18BrN3O3. The summed E-state index contributed by atoms with van der Waals surface area (Å²) in [6.07, 6.45) is 1.77. The summed E-state index contributed by atoms with van der Waals surface area (Å²) in [5, 5.41) is 14.7. The van der Waals surface area contributed by atoms with Crippen LogP contribution in [0.4, 0.5) is 5.82 Å². The molecule has 20 heavy (non-hydrogen) atoms. The highest BCUT2D eigenvalue weighted by atomic mass is 79.9. The molecule has 0 aliphatic carbocycles. The lowest BCUT2D eigenvalue weighted by molar-refractivity contribution is -0.120. The number of halogens is 1. The molecule has 0 aliphatic rings. The van der Waals surface area contributed by atoms with Gasteiger partial charge in [-0.3, -0.25) is 4.79 Å². The molecule has 110 valence electrons. The first-order chi connectivity index (χ1) is 9.40. The maximum absolute atomic E-state index is 11.5.